The van der Waals surface area contributed by atoms with Crippen molar-refractivity contribution in [3.05, 3.63) is 24.0 Å². The third-order valence-corrected chi connectivity index (χ3v) is 9.73. The molecule has 0 saturated carbocycles. The van der Waals surface area contributed by atoms with Crippen molar-refractivity contribution in [3.8, 4) is 0 Å². The predicted molar refractivity (Wildman–Crippen MR) is 174 cm³/mol. The third-order valence-electron chi connectivity index (χ3n) is 9.73. The van der Waals surface area contributed by atoms with Crippen molar-refractivity contribution in [1.82, 2.24) is 9.80 Å². The maximum Gasteiger partial charge on any atom is 0.316 e. The number of ketones is 2. The molecular weight excluding hydrogens is 574 g/mol. The molecule has 0 amide bonds. The number of Topliss-reactive ketones (excluding diaryl/α,β-unsaturated/α-hetero) is 2. The highest BCUT2D eigenvalue weighted by Crippen LogP contribution is 2.35. The Morgan fingerprint density at radius 2 is 1.78 bits per heavy atom. The zero-order chi connectivity index (χ0) is 33.7. The molecule has 0 aromatic rings. The maximum absolute atomic E-state index is 13.9. The van der Waals surface area contributed by atoms with Gasteiger partial charge in [0.1, 0.15) is 23.9 Å². The van der Waals surface area contributed by atoms with Crippen LogP contribution in [0, 0.1) is 23.7 Å². The van der Waals surface area contributed by atoms with Gasteiger partial charge in [-0.2, -0.15) is 0 Å². The van der Waals surface area contributed by atoms with Gasteiger partial charge < -0.3 is 28.7 Å². The number of rotatable bonds is 7. The number of hydrogen-bond donors (Lipinski definition) is 0. The number of aliphatic imine (C=N–C) groups is 1. The van der Waals surface area contributed by atoms with Crippen LogP contribution in [0.1, 0.15) is 88.0 Å². The Balaban J connectivity index is 1.95. The molecule has 0 aromatic carbocycles. The Morgan fingerprint density at radius 1 is 1.09 bits per heavy atom. The molecule has 254 valence electrons. The molecule has 0 bridgehead atoms. The van der Waals surface area contributed by atoms with Crippen LogP contribution in [0.3, 0.4) is 0 Å². The molecule has 9 atom stereocenters. The van der Waals surface area contributed by atoms with Crippen LogP contribution in [0.25, 0.3) is 0 Å². The van der Waals surface area contributed by atoms with Gasteiger partial charge in [-0.15, -0.1) is 0 Å². The molecule has 0 radical (unpaired) electrons. The monoisotopic (exact) mass is 631 g/mol. The standard InChI is InChI=1S/C35H57N3O7/c1-12-35(45-34(8,9)38-15-13-36-14-16-38)20-24(4)30(39)22(2)17-23(3)32(26(6)31(40)27(7)33(41)42-21-35)44-29-19-28(37(10)11)18-25(5)43-29/h13-15,20,22-23,25-29,32H,12,16-19,21H2,1-11H3/b24-20+/t22-,23+,25-,26+,27-,28+,29+,32+,35+/m1/s1. The smallest absolute Gasteiger partial charge is 0.316 e. The molecule has 3 aliphatic heterocycles. The van der Waals surface area contributed by atoms with Crippen LogP contribution in [0.5, 0.6) is 0 Å². The van der Waals surface area contributed by atoms with E-state index in [0.717, 1.165) is 6.42 Å². The number of carbonyl (C=O) groups excluding carboxylic acids is 3. The summed E-state index contributed by atoms with van der Waals surface area (Å²) in [7, 11) is 4.09. The van der Waals surface area contributed by atoms with Crippen LogP contribution in [0.4, 0.5) is 0 Å². The highest BCUT2D eigenvalue weighted by Gasteiger charge is 2.43. The molecule has 1 saturated heterocycles. The molecule has 0 aromatic heterocycles. The molecule has 3 heterocycles. The number of ether oxygens (including phenoxy) is 4. The maximum atomic E-state index is 13.9. The molecule has 10 nitrogen and oxygen atoms in total. The molecule has 0 unspecified atom stereocenters. The molecule has 0 N–H and O–H groups in total. The van der Waals surface area contributed by atoms with Crippen molar-refractivity contribution in [1.29, 1.82) is 0 Å². The third kappa shape index (κ3) is 9.33. The highest BCUT2D eigenvalue weighted by molar-refractivity contribution is 6.00. The minimum absolute atomic E-state index is 0.00302. The number of esters is 1. The molecule has 1 fully saturated rings. The first kappa shape index (κ1) is 37.1. The van der Waals surface area contributed by atoms with E-state index in [1.165, 1.54) is 0 Å². The van der Waals surface area contributed by atoms with Gasteiger partial charge in [-0.25, -0.2) is 0 Å². The number of cyclic esters (lactones) is 1. The molecule has 3 rings (SSSR count). The summed E-state index contributed by atoms with van der Waals surface area (Å²) in [5.74, 6) is -3.03. The Bertz CT molecular complexity index is 1150. The average molecular weight is 632 g/mol. The van der Waals surface area contributed by atoms with Crippen LogP contribution in [-0.2, 0) is 33.3 Å². The van der Waals surface area contributed by atoms with Crippen molar-refractivity contribution in [2.24, 2.45) is 28.7 Å². The quantitative estimate of drug-likeness (QED) is 0.278. The molecule has 0 aliphatic carbocycles. The van der Waals surface area contributed by atoms with Gasteiger partial charge in [0.15, 0.2) is 17.9 Å². The number of carbonyl (C=O) groups is 3. The first-order valence-electron chi connectivity index (χ1n) is 16.6. The normalized spacial score (nSPS) is 37.3. The Labute approximate surface area is 270 Å². The van der Waals surface area contributed by atoms with Crippen molar-refractivity contribution in [2.45, 2.75) is 124 Å². The van der Waals surface area contributed by atoms with Gasteiger partial charge >= 0.3 is 5.97 Å². The number of nitrogens with zero attached hydrogens (tertiary/aromatic N) is 3. The fraction of sp³-hybridized carbons (Fsp3) is 0.771. The summed E-state index contributed by atoms with van der Waals surface area (Å²) in [6.07, 6.45) is 8.61. The van der Waals surface area contributed by atoms with Crippen LogP contribution in [0.2, 0.25) is 0 Å². The summed E-state index contributed by atoms with van der Waals surface area (Å²) in [6, 6.07) is 0.283. The van der Waals surface area contributed by atoms with E-state index in [2.05, 4.69) is 9.89 Å². The lowest BCUT2D eigenvalue weighted by Gasteiger charge is -2.44. The van der Waals surface area contributed by atoms with Gasteiger partial charge in [-0.05, 0) is 85.5 Å². The van der Waals surface area contributed by atoms with E-state index in [-0.39, 0.29) is 42.2 Å². The van der Waals surface area contributed by atoms with Gasteiger partial charge in [0.05, 0.1) is 18.8 Å². The number of hydrogen-bond acceptors (Lipinski definition) is 10. The highest BCUT2D eigenvalue weighted by atomic mass is 16.7. The first-order chi connectivity index (χ1) is 21.0. The summed E-state index contributed by atoms with van der Waals surface area (Å²) in [5, 5.41) is 0. The van der Waals surface area contributed by atoms with Gasteiger partial charge in [0, 0.05) is 42.9 Å². The van der Waals surface area contributed by atoms with Crippen molar-refractivity contribution in [2.75, 3.05) is 27.2 Å². The van der Waals surface area contributed by atoms with E-state index in [4.69, 9.17) is 18.9 Å². The second-order valence-electron chi connectivity index (χ2n) is 14.1. The number of allylic oxidation sites excluding steroid dienone is 1. The van der Waals surface area contributed by atoms with Crippen LogP contribution in [-0.4, -0.2) is 96.7 Å². The summed E-state index contributed by atoms with van der Waals surface area (Å²) >= 11 is 0. The van der Waals surface area contributed by atoms with E-state index in [0.29, 0.717) is 31.4 Å². The predicted octanol–water partition coefficient (Wildman–Crippen LogP) is 5.16. The molecule has 10 heteroatoms. The topological polar surface area (TPSA) is 107 Å². The lowest BCUT2D eigenvalue weighted by molar-refractivity contribution is -0.236. The van der Waals surface area contributed by atoms with Gasteiger partial charge in [-0.3, -0.25) is 19.4 Å². The summed E-state index contributed by atoms with van der Waals surface area (Å²) in [6.45, 7) is 17.4. The van der Waals surface area contributed by atoms with Gasteiger partial charge in [0.2, 0.25) is 0 Å². The van der Waals surface area contributed by atoms with E-state index in [1.807, 2.05) is 73.7 Å². The largest absolute Gasteiger partial charge is 0.462 e. The Morgan fingerprint density at radius 3 is 2.38 bits per heavy atom. The average Bonchev–Trinajstić information content (AvgIpc) is 3.00. The first-order valence-corrected chi connectivity index (χ1v) is 16.6. The Hall–Kier alpha value is -2.40. The van der Waals surface area contributed by atoms with Gasteiger partial charge in [0.25, 0.3) is 0 Å². The van der Waals surface area contributed by atoms with E-state index >= 15 is 0 Å². The minimum atomic E-state index is -1.10. The van der Waals surface area contributed by atoms with Crippen molar-refractivity contribution in [3.63, 3.8) is 0 Å². The zero-order valence-electron chi connectivity index (χ0n) is 29.4. The lowest BCUT2D eigenvalue weighted by atomic mass is 9.80. The summed E-state index contributed by atoms with van der Waals surface area (Å²) in [5.41, 5.74) is -1.37. The minimum Gasteiger partial charge on any atom is -0.462 e. The molecule has 45 heavy (non-hydrogen) atoms. The van der Waals surface area contributed by atoms with Crippen molar-refractivity contribution < 1.29 is 33.3 Å². The van der Waals surface area contributed by atoms with E-state index in [1.54, 1.807) is 32.3 Å². The molecule has 3 aliphatic rings. The summed E-state index contributed by atoms with van der Waals surface area (Å²) in [4.78, 5) is 49.5. The van der Waals surface area contributed by atoms with Gasteiger partial charge in [-0.1, -0.05) is 27.7 Å². The second kappa shape index (κ2) is 15.5. The van der Waals surface area contributed by atoms with Crippen LogP contribution in [0.15, 0.2) is 29.0 Å². The van der Waals surface area contributed by atoms with E-state index in [9.17, 15) is 14.4 Å². The van der Waals surface area contributed by atoms with Crippen LogP contribution < -0.4 is 0 Å². The van der Waals surface area contributed by atoms with Crippen LogP contribution >= 0.6 is 0 Å². The second-order valence-corrected chi connectivity index (χ2v) is 14.1. The lowest BCUT2D eigenvalue weighted by Crippen LogP contribution is -2.52. The fourth-order valence-corrected chi connectivity index (χ4v) is 6.85. The summed E-state index contributed by atoms with van der Waals surface area (Å²) < 4.78 is 25.4. The molecule has 0 spiro atoms. The zero-order valence-corrected chi connectivity index (χ0v) is 29.4. The Kier molecular flexibility index (Phi) is 12.7. The molecular formula is C35H57N3O7. The fourth-order valence-electron chi connectivity index (χ4n) is 6.85. The van der Waals surface area contributed by atoms with E-state index < -0.39 is 41.5 Å². The SMILES string of the molecule is CC[C@]1(OC(C)(C)N2C=CN=CC2)/C=C(\C)C(=O)[C@H](C)C[C@H](C)[C@H](O[C@H]2C[C@@H](N(C)C)C[C@@H](C)O2)[C@@H](C)C(=O)[C@@H](C)C(=O)OC1. The van der Waals surface area contributed by atoms with Crippen molar-refractivity contribution >= 4 is 23.8 Å².